The Hall–Kier alpha value is -2.62. The van der Waals surface area contributed by atoms with Gasteiger partial charge in [0, 0.05) is 42.5 Å². The molecule has 1 amide bonds. The van der Waals surface area contributed by atoms with Crippen LogP contribution < -0.4 is 4.74 Å². The smallest absolute Gasteiger partial charge is 0.255 e. The average molecular weight is 484 g/mol. The Morgan fingerprint density at radius 2 is 1.76 bits per heavy atom. The van der Waals surface area contributed by atoms with Crippen molar-refractivity contribution in [2.24, 2.45) is 0 Å². The summed E-state index contributed by atoms with van der Waals surface area (Å²) in [5.74, 6) is 1.54. The number of benzene rings is 2. The van der Waals surface area contributed by atoms with E-state index >= 15 is 0 Å². The highest BCUT2D eigenvalue weighted by atomic mass is 32.2. The topological polar surface area (TPSA) is 79.8 Å². The summed E-state index contributed by atoms with van der Waals surface area (Å²) in [6.45, 7) is 1.39. The Balaban J connectivity index is 1.36. The molecular weight excluding hydrogens is 458 g/mol. The van der Waals surface area contributed by atoms with Crippen LogP contribution in [0.25, 0.3) is 10.9 Å². The molecule has 0 N–H and O–H groups in total. The number of thioether (sulfide) groups is 1. The number of rotatable bonds is 4. The molecule has 5 rings (SSSR count). The van der Waals surface area contributed by atoms with E-state index in [0.29, 0.717) is 49.3 Å². The van der Waals surface area contributed by atoms with E-state index in [-0.39, 0.29) is 15.7 Å². The molecular formula is C24H25N3O4S2. The molecule has 2 fully saturated rings. The Morgan fingerprint density at radius 1 is 1.03 bits per heavy atom. The standard InChI is InChI=1S/C24H25N3O4S2/c1-31-20-9-7-19(8-10-20)23(28)27-16-17-32-24(27)11-14-26(15-12-24)33(29,30)21-6-2-4-18-5-3-13-25-22(18)21/h2-10,13H,11-12,14-17H2,1H3. The zero-order valence-electron chi connectivity index (χ0n) is 18.3. The lowest BCUT2D eigenvalue weighted by Gasteiger charge is -2.43. The minimum Gasteiger partial charge on any atom is -0.497 e. The van der Waals surface area contributed by atoms with Crippen molar-refractivity contribution in [2.45, 2.75) is 22.6 Å². The molecule has 7 nitrogen and oxygen atoms in total. The molecule has 1 aromatic heterocycles. The van der Waals surface area contributed by atoms with Crippen LogP contribution in [0.5, 0.6) is 5.75 Å². The maximum Gasteiger partial charge on any atom is 0.255 e. The molecule has 3 aromatic rings. The van der Waals surface area contributed by atoms with Crippen LogP contribution in [-0.2, 0) is 10.0 Å². The van der Waals surface area contributed by atoms with Gasteiger partial charge in [-0.3, -0.25) is 9.78 Å². The molecule has 0 saturated carbocycles. The van der Waals surface area contributed by atoms with Gasteiger partial charge in [0.2, 0.25) is 10.0 Å². The predicted molar refractivity (Wildman–Crippen MR) is 129 cm³/mol. The number of fused-ring (bicyclic) bond motifs is 1. The van der Waals surface area contributed by atoms with Crippen molar-refractivity contribution in [1.29, 1.82) is 0 Å². The fourth-order valence-corrected chi connectivity index (χ4v) is 7.76. The quantitative estimate of drug-likeness (QED) is 0.564. The van der Waals surface area contributed by atoms with Crippen LogP contribution in [0.4, 0.5) is 0 Å². The molecule has 0 radical (unpaired) electrons. The highest BCUT2D eigenvalue weighted by molar-refractivity contribution is 8.00. The summed E-state index contributed by atoms with van der Waals surface area (Å²) in [5.41, 5.74) is 1.11. The van der Waals surface area contributed by atoms with Crippen molar-refractivity contribution in [1.82, 2.24) is 14.2 Å². The zero-order valence-corrected chi connectivity index (χ0v) is 19.9. The Labute approximate surface area is 197 Å². The van der Waals surface area contributed by atoms with Crippen molar-refractivity contribution in [3.05, 3.63) is 66.4 Å². The number of piperidine rings is 1. The molecule has 0 unspecified atom stereocenters. The molecule has 0 atom stereocenters. The Bertz CT molecular complexity index is 1280. The van der Waals surface area contributed by atoms with E-state index in [4.69, 9.17) is 4.74 Å². The third kappa shape index (κ3) is 3.88. The van der Waals surface area contributed by atoms with Gasteiger partial charge in [0.25, 0.3) is 5.91 Å². The van der Waals surface area contributed by atoms with Crippen molar-refractivity contribution >= 4 is 38.6 Å². The van der Waals surface area contributed by atoms with Crippen molar-refractivity contribution in [2.75, 3.05) is 32.5 Å². The fourth-order valence-electron chi connectivity index (χ4n) is 4.70. The summed E-state index contributed by atoms with van der Waals surface area (Å²) in [6, 6.07) is 16.1. The van der Waals surface area contributed by atoms with E-state index in [0.717, 1.165) is 11.1 Å². The largest absolute Gasteiger partial charge is 0.497 e. The van der Waals surface area contributed by atoms with Gasteiger partial charge >= 0.3 is 0 Å². The molecule has 1 spiro atoms. The summed E-state index contributed by atoms with van der Waals surface area (Å²) in [6.07, 6.45) is 2.80. The van der Waals surface area contributed by atoms with E-state index in [1.807, 2.05) is 17.0 Å². The monoisotopic (exact) mass is 483 g/mol. The van der Waals surface area contributed by atoms with Gasteiger partial charge in [-0.25, -0.2) is 8.42 Å². The molecule has 2 aliphatic heterocycles. The summed E-state index contributed by atoms with van der Waals surface area (Å²) in [4.78, 5) is 19.4. The Kier molecular flexibility index (Phi) is 5.80. The first kappa shape index (κ1) is 22.2. The molecule has 0 bridgehead atoms. The number of pyridine rings is 1. The minimum atomic E-state index is -3.69. The number of hydrogen-bond donors (Lipinski definition) is 0. The van der Waals surface area contributed by atoms with Crippen LogP contribution in [0, 0.1) is 0 Å². The second-order valence-corrected chi connectivity index (χ2v) is 11.6. The summed E-state index contributed by atoms with van der Waals surface area (Å²) in [7, 11) is -2.09. The first-order valence-corrected chi connectivity index (χ1v) is 13.3. The normalized spacial score (nSPS) is 18.6. The maximum atomic E-state index is 13.5. The van der Waals surface area contributed by atoms with Crippen molar-refractivity contribution in [3.63, 3.8) is 0 Å². The number of amides is 1. The highest BCUT2D eigenvalue weighted by Gasteiger charge is 2.48. The van der Waals surface area contributed by atoms with Gasteiger partial charge in [-0.05, 0) is 49.2 Å². The first-order valence-electron chi connectivity index (χ1n) is 10.9. The summed E-state index contributed by atoms with van der Waals surface area (Å²) >= 11 is 1.76. The molecule has 2 aromatic carbocycles. The minimum absolute atomic E-state index is 0.0165. The second kappa shape index (κ2) is 8.62. The van der Waals surface area contributed by atoms with Crippen LogP contribution in [0.15, 0.2) is 65.7 Å². The number of carbonyl (C=O) groups is 1. The van der Waals surface area contributed by atoms with Gasteiger partial charge in [-0.15, -0.1) is 11.8 Å². The van der Waals surface area contributed by atoms with Crippen LogP contribution >= 0.6 is 11.8 Å². The average Bonchev–Trinajstić information content (AvgIpc) is 3.26. The molecule has 2 aliphatic rings. The number of ether oxygens (including phenoxy) is 1. The van der Waals surface area contributed by atoms with Gasteiger partial charge < -0.3 is 9.64 Å². The zero-order chi connectivity index (χ0) is 23.1. The molecule has 3 heterocycles. The lowest BCUT2D eigenvalue weighted by Crippen LogP contribution is -2.53. The third-order valence-electron chi connectivity index (χ3n) is 6.48. The lowest BCUT2D eigenvalue weighted by atomic mass is 10.0. The number of para-hydroxylation sites is 1. The van der Waals surface area contributed by atoms with Crippen LogP contribution in [0.3, 0.4) is 0 Å². The van der Waals surface area contributed by atoms with E-state index in [1.165, 1.54) is 4.31 Å². The molecule has 9 heteroatoms. The van der Waals surface area contributed by atoms with E-state index in [9.17, 15) is 13.2 Å². The number of carbonyl (C=O) groups excluding carboxylic acids is 1. The van der Waals surface area contributed by atoms with Gasteiger partial charge in [0.15, 0.2) is 0 Å². The van der Waals surface area contributed by atoms with Crippen molar-refractivity contribution in [3.8, 4) is 5.75 Å². The number of methoxy groups -OCH3 is 1. The summed E-state index contributed by atoms with van der Waals surface area (Å²) in [5, 5.41) is 0.801. The van der Waals surface area contributed by atoms with Gasteiger partial charge in [-0.1, -0.05) is 18.2 Å². The summed E-state index contributed by atoms with van der Waals surface area (Å²) < 4.78 is 33.7. The van der Waals surface area contributed by atoms with Gasteiger partial charge in [0.05, 0.1) is 17.5 Å². The van der Waals surface area contributed by atoms with Gasteiger partial charge in [-0.2, -0.15) is 4.31 Å². The predicted octanol–water partition coefficient (Wildman–Crippen LogP) is 3.61. The van der Waals surface area contributed by atoms with Crippen LogP contribution in [0.1, 0.15) is 23.2 Å². The number of nitrogens with zero attached hydrogens (tertiary/aromatic N) is 3. The van der Waals surface area contributed by atoms with Crippen LogP contribution in [-0.4, -0.2) is 65.9 Å². The molecule has 172 valence electrons. The van der Waals surface area contributed by atoms with E-state index < -0.39 is 10.0 Å². The van der Waals surface area contributed by atoms with Gasteiger partial charge in [0.1, 0.15) is 10.6 Å². The molecule has 0 aliphatic carbocycles. The SMILES string of the molecule is COc1ccc(C(=O)N2CCSC23CCN(S(=O)(=O)c2cccc4cccnc24)CC3)cc1. The number of aromatic nitrogens is 1. The lowest BCUT2D eigenvalue weighted by molar-refractivity contribution is 0.0605. The number of sulfonamides is 1. The first-order chi connectivity index (χ1) is 15.9. The number of hydrogen-bond acceptors (Lipinski definition) is 6. The van der Waals surface area contributed by atoms with Crippen LogP contribution in [0.2, 0.25) is 0 Å². The van der Waals surface area contributed by atoms with E-state index in [2.05, 4.69) is 4.98 Å². The fraction of sp³-hybridized carbons (Fsp3) is 0.333. The third-order valence-corrected chi connectivity index (χ3v) is 9.96. The van der Waals surface area contributed by atoms with Crippen molar-refractivity contribution < 1.29 is 17.9 Å². The second-order valence-electron chi connectivity index (χ2n) is 8.22. The van der Waals surface area contributed by atoms with E-state index in [1.54, 1.807) is 67.5 Å². The highest BCUT2D eigenvalue weighted by Crippen LogP contribution is 2.45. The Morgan fingerprint density at radius 3 is 2.48 bits per heavy atom. The molecule has 2 saturated heterocycles. The maximum absolute atomic E-state index is 13.5. The molecule has 33 heavy (non-hydrogen) atoms.